The van der Waals surface area contributed by atoms with Gasteiger partial charge in [-0.05, 0) is 36.2 Å². The molecule has 0 saturated carbocycles. The van der Waals surface area contributed by atoms with Gasteiger partial charge in [-0.25, -0.2) is 0 Å². The number of aromatic nitrogens is 2. The number of nitriles is 1. The molecular formula is C19H13F3N4O. The second-order valence-electron chi connectivity index (χ2n) is 6.15. The molecule has 0 unspecified atom stereocenters. The van der Waals surface area contributed by atoms with Crippen molar-refractivity contribution in [2.45, 2.75) is 19.1 Å². The Morgan fingerprint density at radius 3 is 2.63 bits per heavy atom. The third kappa shape index (κ3) is 3.12. The molecule has 4 rings (SSSR count). The Balaban J connectivity index is 1.63. The van der Waals surface area contributed by atoms with Gasteiger partial charge in [0, 0.05) is 17.8 Å². The van der Waals surface area contributed by atoms with Crippen molar-refractivity contribution in [2.75, 3.05) is 11.4 Å². The fraction of sp³-hybridized carbons (Fsp3) is 0.211. The number of halogens is 3. The number of nitrogens with zero attached hydrogens (tertiary/aromatic N) is 4. The van der Waals surface area contributed by atoms with Gasteiger partial charge in [0.1, 0.15) is 0 Å². The molecule has 3 aromatic rings. The Morgan fingerprint density at radius 1 is 1.15 bits per heavy atom. The summed E-state index contributed by atoms with van der Waals surface area (Å²) in [4.78, 5) is 6.10. The molecule has 0 radical (unpaired) electrons. The van der Waals surface area contributed by atoms with Crippen molar-refractivity contribution in [3.05, 3.63) is 65.0 Å². The van der Waals surface area contributed by atoms with Gasteiger partial charge in [-0.2, -0.15) is 23.4 Å². The largest absolute Gasteiger partial charge is 0.418 e. The molecule has 1 aliphatic rings. The van der Waals surface area contributed by atoms with Crippen LogP contribution in [0.3, 0.4) is 0 Å². The van der Waals surface area contributed by atoms with E-state index >= 15 is 0 Å². The van der Waals surface area contributed by atoms with E-state index in [2.05, 4.69) is 10.1 Å². The summed E-state index contributed by atoms with van der Waals surface area (Å²) in [6.07, 6.45) is -4.36. The zero-order valence-electron chi connectivity index (χ0n) is 14.0. The number of hydrogen-bond acceptors (Lipinski definition) is 5. The molecule has 27 heavy (non-hydrogen) atoms. The zero-order valence-corrected chi connectivity index (χ0v) is 14.0. The van der Waals surface area contributed by atoms with Crippen molar-refractivity contribution in [2.24, 2.45) is 0 Å². The van der Waals surface area contributed by atoms with Crippen molar-refractivity contribution in [1.82, 2.24) is 10.1 Å². The van der Waals surface area contributed by atoms with Crippen molar-refractivity contribution in [1.29, 1.82) is 5.26 Å². The van der Waals surface area contributed by atoms with E-state index in [0.29, 0.717) is 23.9 Å². The first-order valence-corrected chi connectivity index (χ1v) is 8.23. The molecule has 8 heteroatoms. The molecule has 0 aliphatic carbocycles. The average Bonchev–Trinajstić information content (AvgIpc) is 3.28. The molecule has 0 spiro atoms. The molecular weight excluding hydrogens is 357 g/mol. The summed E-state index contributed by atoms with van der Waals surface area (Å²) in [6, 6.07) is 13.6. The first kappa shape index (κ1) is 17.1. The Kier molecular flexibility index (Phi) is 4.07. The van der Waals surface area contributed by atoms with E-state index in [0.717, 1.165) is 5.56 Å². The third-order valence-corrected chi connectivity index (χ3v) is 4.49. The molecule has 5 nitrogen and oxygen atoms in total. The minimum Gasteiger partial charge on any atom is -0.363 e. The van der Waals surface area contributed by atoms with Gasteiger partial charge >= 0.3 is 6.18 Å². The lowest BCUT2D eigenvalue weighted by Gasteiger charge is -2.19. The van der Waals surface area contributed by atoms with Crippen molar-refractivity contribution in [3.8, 4) is 17.5 Å². The van der Waals surface area contributed by atoms with Gasteiger partial charge in [-0.1, -0.05) is 23.4 Å². The monoisotopic (exact) mass is 370 g/mol. The van der Waals surface area contributed by atoms with E-state index in [1.165, 1.54) is 6.07 Å². The summed E-state index contributed by atoms with van der Waals surface area (Å²) >= 11 is 0. The summed E-state index contributed by atoms with van der Waals surface area (Å²) in [7, 11) is 0. The van der Waals surface area contributed by atoms with E-state index < -0.39 is 11.7 Å². The number of alkyl halides is 3. The van der Waals surface area contributed by atoms with Crippen LogP contribution >= 0.6 is 0 Å². The highest BCUT2D eigenvalue weighted by Gasteiger charge is 2.39. The fourth-order valence-electron chi connectivity index (χ4n) is 3.32. The Labute approximate surface area is 152 Å². The van der Waals surface area contributed by atoms with Gasteiger partial charge in [0.2, 0.25) is 0 Å². The summed E-state index contributed by atoms with van der Waals surface area (Å²) in [5, 5.41) is 13.0. The van der Waals surface area contributed by atoms with Gasteiger partial charge in [0.15, 0.2) is 5.82 Å². The molecule has 1 aliphatic heterocycles. The number of rotatable bonds is 3. The SMILES string of the molecule is N#Cc1ccc2c(c1C(F)(F)F)CCN2Cc1noc(-c2ccccc2)n1. The topological polar surface area (TPSA) is 66.0 Å². The maximum absolute atomic E-state index is 13.4. The maximum atomic E-state index is 13.4. The van der Waals surface area contributed by atoms with Crippen LogP contribution in [0.1, 0.15) is 22.5 Å². The molecule has 0 fully saturated rings. The molecule has 1 aromatic heterocycles. The van der Waals surface area contributed by atoms with E-state index in [-0.39, 0.29) is 24.1 Å². The summed E-state index contributed by atoms with van der Waals surface area (Å²) < 4.78 is 45.5. The second kappa shape index (κ2) is 6.43. The molecule has 136 valence electrons. The van der Waals surface area contributed by atoms with E-state index in [9.17, 15) is 13.2 Å². The van der Waals surface area contributed by atoms with E-state index in [4.69, 9.17) is 9.78 Å². The highest BCUT2D eigenvalue weighted by Crippen LogP contribution is 2.41. The predicted octanol–water partition coefficient (Wildman–Crippen LogP) is 4.19. The molecule has 2 aromatic carbocycles. The fourth-order valence-corrected chi connectivity index (χ4v) is 3.32. The predicted molar refractivity (Wildman–Crippen MR) is 90.6 cm³/mol. The molecule has 0 amide bonds. The minimum absolute atomic E-state index is 0.147. The zero-order chi connectivity index (χ0) is 19.0. The standard InChI is InChI=1S/C19H13F3N4O/c20-19(21,22)17-13(10-23)6-7-15-14(17)8-9-26(15)11-16-24-18(27-25-16)12-4-2-1-3-5-12/h1-7H,8-9,11H2. The lowest BCUT2D eigenvalue weighted by molar-refractivity contribution is -0.138. The van der Waals surface area contributed by atoms with Crippen molar-refractivity contribution >= 4 is 5.69 Å². The van der Waals surface area contributed by atoms with Crippen LogP contribution in [0.5, 0.6) is 0 Å². The third-order valence-electron chi connectivity index (χ3n) is 4.49. The quantitative estimate of drug-likeness (QED) is 0.692. The summed E-state index contributed by atoms with van der Waals surface area (Å²) in [5.41, 5.74) is 0.175. The van der Waals surface area contributed by atoms with Gasteiger partial charge in [-0.3, -0.25) is 0 Å². The molecule has 2 heterocycles. The number of anilines is 1. The van der Waals surface area contributed by atoms with Crippen LogP contribution in [0.4, 0.5) is 18.9 Å². The summed E-state index contributed by atoms with van der Waals surface area (Å²) in [5.74, 6) is 0.750. The van der Waals surface area contributed by atoms with Crippen LogP contribution in [0.15, 0.2) is 47.0 Å². The lowest BCUT2D eigenvalue weighted by Crippen LogP contribution is -2.20. The van der Waals surface area contributed by atoms with Gasteiger partial charge in [0.25, 0.3) is 5.89 Å². The first-order valence-electron chi connectivity index (χ1n) is 8.23. The van der Waals surface area contributed by atoms with Crippen LogP contribution < -0.4 is 4.90 Å². The van der Waals surface area contributed by atoms with Crippen LogP contribution in [0.2, 0.25) is 0 Å². The Hall–Kier alpha value is -3.34. The van der Waals surface area contributed by atoms with Crippen LogP contribution in [0, 0.1) is 11.3 Å². The van der Waals surface area contributed by atoms with Crippen molar-refractivity contribution in [3.63, 3.8) is 0 Å². The minimum atomic E-state index is -4.57. The number of benzene rings is 2. The lowest BCUT2D eigenvalue weighted by atomic mass is 9.99. The first-order chi connectivity index (χ1) is 13.0. The maximum Gasteiger partial charge on any atom is 0.418 e. The molecule has 0 N–H and O–H groups in total. The second-order valence-corrected chi connectivity index (χ2v) is 6.15. The smallest absolute Gasteiger partial charge is 0.363 e. The van der Waals surface area contributed by atoms with Crippen LogP contribution in [-0.2, 0) is 19.1 Å². The normalized spacial score (nSPS) is 13.5. The molecule has 0 bridgehead atoms. The van der Waals surface area contributed by atoms with Gasteiger partial charge in [-0.15, -0.1) is 0 Å². The highest BCUT2D eigenvalue weighted by molar-refractivity contribution is 5.65. The number of fused-ring (bicyclic) bond motifs is 1. The van der Waals surface area contributed by atoms with Gasteiger partial charge < -0.3 is 9.42 Å². The molecule has 0 atom stereocenters. The highest BCUT2D eigenvalue weighted by atomic mass is 19.4. The van der Waals surface area contributed by atoms with Gasteiger partial charge in [0.05, 0.1) is 23.7 Å². The Morgan fingerprint density at radius 2 is 1.93 bits per heavy atom. The van der Waals surface area contributed by atoms with Crippen molar-refractivity contribution < 1.29 is 17.7 Å². The average molecular weight is 370 g/mol. The summed E-state index contributed by atoms with van der Waals surface area (Å²) in [6.45, 7) is 0.620. The van der Waals surface area contributed by atoms with E-state index in [1.54, 1.807) is 17.0 Å². The van der Waals surface area contributed by atoms with Crippen LogP contribution in [0.25, 0.3) is 11.5 Å². The number of hydrogen-bond donors (Lipinski definition) is 0. The Bertz CT molecular complexity index is 1020. The molecule has 0 saturated heterocycles. The van der Waals surface area contributed by atoms with E-state index in [1.807, 2.05) is 30.3 Å². The van der Waals surface area contributed by atoms with Crippen LogP contribution in [-0.4, -0.2) is 16.7 Å².